The molecule has 0 aromatic rings. The van der Waals surface area contributed by atoms with Crippen molar-refractivity contribution in [1.82, 2.24) is 5.32 Å². The van der Waals surface area contributed by atoms with Crippen LogP contribution in [-0.2, 0) is 4.79 Å². The Morgan fingerprint density at radius 3 is 2.81 bits per heavy atom. The lowest BCUT2D eigenvalue weighted by Crippen LogP contribution is -2.25. The zero-order valence-electron chi connectivity index (χ0n) is 9.95. The predicted octanol–water partition coefficient (Wildman–Crippen LogP) is 2.01. The van der Waals surface area contributed by atoms with E-state index in [0.29, 0.717) is 12.3 Å². The number of aliphatic hydroxyl groups excluding tert-OH is 1. The molecule has 3 nitrogen and oxygen atoms in total. The minimum atomic E-state index is 0.179. The van der Waals surface area contributed by atoms with Crippen molar-refractivity contribution in [3.63, 3.8) is 0 Å². The van der Waals surface area contributed by atoms with Gasteiger partial charge < -0.3 is 10.4 Å². The van der Waals surface area contributed by atoms with Gasteiger partial charge in [0.15, 0.2) is 0 Å². The Labute approximate surface area is 97.9 Å². The molecule has 0 aliphatic heterocycles. The Bertz CT molecular complexity index is 226. The van der Waals surface area contributed by atoms with Crippen molar-refractivity contribution in [2.24, 2.45) is 5.92 Å². The van der Waals surface area contributed by atoms with E-state index in [1.807, 2.05) is 0 Å². The highest BCUT2D eigenvalue weighted by molar-refractivity contribution is 5.76. The van der Waals surface area contributed by atoms with Crippen LogP contribution in [0.5, 0.6) is 0 Å². The van der Waals surface area contributed by atoms with Crippen LogP contribution in [0.4, 0.5) is 0 Å². The Hall–Kier alpha value is -0.830. The molecule has 0 saturated heterocycles. The maximum absolute atomic E-state index is 11.5. The number of carbonyl (C=O) groups is 1. The summed E-state index contributed by atoms with van der Waals surface area (Å²) in [6, 6.07) is 0. The molecule has 1 aliphatic rings. The first-order valence-corrected chi connectivity index (χ1v) is 6.37. The molecule has 0 fully saturated rings. The van der Waals surface area contributed by atoms with Crippen molar-refractivity contribution in [3.8, 4) is 0 Å². The monoisotopic (exact) mass is 225 g/mol. The van der Waals surface area contributed by atoms with E-state index < -0.39 is 0 Å². The van der Waals surface area contributed by atoms with Crippen LogP contribution in [0.1, 0.15) is 44.9 Å². The molecule has 1 rings (SSSR count). The molecular formula is C13H23NO2. The van der Waals surface area contributed by atoms with Crippen molar-refractivity contribution in [2.75, 3.05) is 13.2 Å². The van der Waals surface area contributed by atoms with E-state index in [0.717, 1.165) is 45.1 Å². The first kappa shape index (κ1) is 13.2. The van der Waals surface area contributed by atoms with Gasteiger partial charge in [-0.2, -0.15) is 0 Å². The first-order valence-electron chi connectivity index (χ1n) is 6.37. The van der Waals surface area contributed by atoms with E-state index in [9.17, 15) is 4.79 Å². The van der Waals surface area contributed by atoms with Gasteiger partial charge in [-0.15, -0.1) is 0 Å². The van der Waals surface area contributed by atoms with E-state index in [2.05, 4.69) is 17.5 Å². The zero-order chi connectivity index (χ0) is 11.6. The summed E-state index contributed by atoms with van der Waals surface area (Å²) in [5.41, 5.74) is 0. The van der Waals surface area contributed by atoms with Crippen molar-refractivity contribution < 1.29 is 9.90 Å². The van der Waals surface area contributed by atoms with Crippen LogP contribution >= 0.6 is 0 Å². The molecule has 1 aliphatic carbocycles. The number of aliphatic hydroxyl groups is 1. The Morgan fingerprint density at radius 2 is 2.12 bits per heavy atom. The highest BCUT2D eigenvalue weighted by atomic mass is 16.2. The molecule has 0 aromatic heterocycles. The van der Waals surface area contributed by atoms with Crippen LogP contribution < -0.4 is 5.32 Å². The number of hydrogen-bond acceptors (Lipinski definition) is 2. The molecule has 0 spiro atoms. The number of hydrogen-bond donors (Lipinski definition) is 2. The minimum absolute atomic E-state index is 0.179. The number of unbranched alkanes of at least 4 members (excludes halogenated alkanes) is 3. The molecule has 1 unspecified atom stereocenters. The normalized spacial score (nSPS) is 18.9. The van der Waals surface area contributed by atoms with Gasteiger partial charge >= 0.3 is 0 Å². The lowest BCUT2D eigenvalue weighted by atomic mass is 10.1. The third-order valence-electron chi connectivity index (χ3n) is 2.97. The molecule has 16 heavy (non-hydrogen) atoms. The molecule has 1 amide bonds. The molecule has 0 bridgehead atoms. The molecule has 0 radical (unpaired) electrons. The average molecular weight is 225 g/mol. The average Bonchev–Trinajstić information content (AvgIpc) is 2.76. The quantitative estimate of drug-likeness (QED) is 0.490. The maximum atomic E-state index is 11.5. The van der Waals surface area contributed by atoms with Crippen LogP contribution in [0.2, 0.25) is 0 Å². The molecule has 0 heterocycles. The molecule has 1 atom stereocenters. The van der Waals surface area contributed by atoms with Crippen molar-refractivity contribution in [3.05, 3.63) is 12.2 Å². The third kappa shape index (κ3) is 5.91. The molecule has 3 heteroatoms. The van der Waals surface area contributed by atoms with E-state index in [1.165, 1.54) is 0 Å². The molecule has 2 N–H and O–H groups in total. The second-order valence-electron chi connectivity index (χ2n) is 4.46. The van der Waals surface area contributed by atoms with Gasteiger partial charge in [-0.3, -0.25) is 4.79 Å². The van der Waals surface area contributed by atoms with Gasteiger partial charge in [0.2, 0.25) is 5.91 Å². The summed E-state index contributed by atoms with van der Waals surface area (Å²) in [6.45, 7) is 1.06. The largest absolute Gasteiger partial charge is 0.396 e. The van der Waals surface area contributed by atoms with Crippen molar-refractivity contribution in [1.29, 1.82) is 0 Å². The summed E-state index contributed by atoms with van der Waals surface area (Å²) in [5, 5.41) is 11.5. The molecule has 0 aromatic carbocycles. The smallest absolute Gasteiger partial charge is 0.220 e. The van der Waals surface area contributed by atoms with E-state index in [1.54, 1.807) is 0 Å². The van der Waals surface area contributed by atoms with E-state index >= 15 is 0 Å². The van der Waals surface area contributed by atoms with Crippen LogP contribution in [0, 0.1) is 5.92 Å². The summed E-state index contributed by atoms with van der Waals surface area (Å²) in [5.74, 6) is 0.646. The maximum Gasteiger partial charge on any atom is 0.220 e. The van der Waals surface area contributed by atoms with Gasteiger partial charge in [0.1, 0.15) is 0 Å². The zero-order valence-corrected chi connectivity index (χ0v) is 9.95. The Morgan fingerprint density at radius 1 is 1.31 bits per heavy atom. The molecule has 92 valence electrons. The summed E-state index contributed by atoms with van der Waals surface area (Å²) >= 11 is 0. The molecular weight excluding hydrogens is 202 g/mol. The number of allylic oxidation sites excluding steroid dienone is 2. The van der Waals surface area contributed by atoms with E-state index in [-0.39, 0.29) is 12.5 Å². The summed E-state index contributed by atoms with van der Waals surface area (Å²) in [6.07, 6.45) is 11.2. The Kier molecular flexibility index (Phi) is 6.90. The van der Waals surface area contributed by atoms with Crippen molar-refractivity contribution in [2.45, 2.75) is 44.9 Å². The highest BCUT2D eigenvalue weighted by Crippen LogP contribution is 2.19. The van der Waals surface area contributed by atoms with Crippen LogP contribution in [-0.4, -0.2) is 24.2 Å². The van der Waals surface area contributed by atoms with Gasteiger partial charge in [0.25, 0.3) is 0 Å². The number of amides is 1. The SMILES string of the molecule is O=C(CC1C=CCC1)NCCCCCCO. The van der Waals surface area contributed by atoms with Gasteiger partial charge in [-0.05, 0) is 31.6 Å². The summed E-state index contributed by atoms with van der Waals surface area (Å²) in [7, 11) is 0. The summed E-state index contributed by atoms with van der Waals surface area (Å²) < 4.78 is 0. The standard InChI is InChI=1S/C13H23NO2/c15-10-6-2-1-5-9-14-13(16)11-12-7-3-4-8-12/h3,7,12,15H,1-2,4-6,8-11H2,(H,14,16). The number of carbonyl (C=O) groups excluding carboxylic acids is 1. The lowest BCUT2D eigenvalue weighted by molar-refractivity contribution is -0.121. The first-order chi connectivity index (χ1) is 7.83. The molecule has 0 saturated carbocycles. The fourth-order valence-corrected chi connectivity index (χ4v) is 1.99. The van der Waals surface area contributed by atoms with E-state index in [4.69, 9.17) is 5.11 Å². The second kappa shape index (κ2) is 8.34. The number of rotatable bonds is 8. The Balaban J connectivity index is 1.91. The lowest BCUT2D eigenvalue weighted by Gasteiger charge is -2.08. The predicted molar refractivity (Wildman–Crippen MR) is 65.0 cm³/mol. The fraction of sp³-hybridized carbons (Fsp3) is 0.769. The third-order valence-corrected chi connectivity index (χ3v) is 2.97. The number of nitrogens with one attached hydrogen (secondary N) is 1. The van der Waals surface area contributed by atoms with Gasteiger partial charge in [0, 0.05) is 19.6 Å². The minimum Gasteiger partial charge on any atom is -0.396 e. The topological polar surface area (TPSA) is 49.3 Å². The van der Waals surface area contributed by atoms with Crippen LogP contribution in [0.15, 0.2) is 12.2 Å². The summed E-state index contributed by atoms with van der Waals surface area (Å²) in [4.78, 5) is 11.5. The fourth-order valence-electron chi connectivity index (χ4n) is 1.99. The highest BCUT2D eigenvalue weighted by Gasteiger charge is 2.13. The van der Waals surface area contributed by atoms with Crippen LogP contribution in [0.25, 0.3) is 0 Å². The van der Waals surface area contributed by atoms with Gasteiger partial charge in [-0.25, -0.2) is 0 Å². The van der Waals surface area contributed by atoms with Crippen molar-refractivity contribution >= 4 is 5.91 Å². The van der Waals surface area contributed by atoms with Crippen LogP contribution in [0.3, 0.4) is 0 Å². The second-order valence-corrected chi connectivity index (χ2v) is 4.46. The van der Waals surface area contributed by atoms with Gasteiger partial charge in [0.05, 0.1) is 0 Å². The van der Waals surface area contributed by atoms with Gasteiger partial charge in [-0.1, -0.05) is 25.0 Å².